The number of amides is 1. The number of sulfonamides is 1. The highest BCUT2D eigenvalue weighted by Gasteiger charge is 2.37. The summed E-state index contributed by atoms with van der Waals surface area (Å²) in [4.78, 5) is 17.8. The largest absolute Gasteiger partial charge is 0.433 e. The van der Waals surface area contributed by atoms with Crippen LogP contribution in [0.4, 0.5) is 13.2 Å². The van der Waals surface area contributed by atoms with Crippen molar-refractivity contribution in [1.29, 1.82) is 0 Å². The SMILES string of the molecule is NS(=O)(=O)CC1CCCN(C(=O)c2cc(C3CC3)nc(C(F)(F)F)c2)C1. The maximum Gasteiger partial charge on any atom is 0.433 e. The zero-order chi connectivity index (χ0) is 19.1. The van der Waals surface area contributed by atoms with Gasteiger partial charge in [-0.2, -0.15) is 13.2 Å². The molecule has 2 N–H and O–H groups in total. The van der Waals surface area contributed by atoms with Crippen molar-refractivity contribution in [3.05, 3.63) is 29.1 Å². The third-order valence-electron chi connectivity index (χ3n) is 4.65. The second-order valence-electron chi connectivity index (χ2n) is 7.03. The van der Waals surface area contributed by atoms with Gasteiger partial charge in [-0.1, -0.05) is 0 Å². The van der Waals surface area contributed by atoms with Crippen molar-refractivity contribution in [2.24, 2.45) is 11.1 Å². The van der Waals surface area contributed by atoms with Crippen LogP contribution in [0.15, 0.2) is 12.1 Å². The molecule has 0 spiro atoms. The van der Waals surface area contributed by atoms with Crippen molar-refractivity contribution in [2.75, 3.05) is 18.8 Å². The van der Waals surface area contributed by atoms with Gasteiger partial charge in [0.1, 0.15) is 5.69 Å². The van der Waals surface area contributed by atoms with Crippen LogP contribution in [0.1, 0.15) is 53.3 Å². The van der Waals surface area contributed by atoms with Gasteiger partial charge in [0.05, 0.1) is 5.75 Å². The summed E-state index contributed by atoms with van der Waals surface area (Å²) < 4.78 is 61.9. The molecule has 2 fully saturated rings. The molecule has 26 heavy (non-hydrogen) atoms. The van der Waals surface area contributed by atoms with Gasteiger partial charge < -0.3 is 4.90 Å². The molecule has 0 bridgehead atoms. The Morgan fingerprint density at radius 3 is 2.54 bits per heavy atom. The number of carbonyl (C=O) groups excluding carboxylic acids is 1. The fourth-order valence-electron chi connectivity index (χ4n) is 3.31. The Hall–Kier alpha value is -1.68. The van der Waals surface area contributed by atoms with Gasteiger partial charge in [0, 0.05) is 30.3 Å². The van der Waals surface area contributed by atoms with Gasteiger partial charge in [0.2, 0.25) is 10.0 Å². The lowest BCUT2D eigenvalue weighted by Gasteiger charge is -2.32. The summed E-state index contributed by atoms with van der Waals surface area (Å²) >= 11 is 0. The van der Waals surface area contributed by atoms with Crippen LogP contribution < -0.4 is 5.14 Å². The summed E-state index contributed by atoms with van der Waals surface area (Å²) in [5.74, 6) is -1.11. The van der Waals surface area contributed by atoms with Crippen LogP contribution in [0, 0.1) is 5.92 Å². The molecular weight excluding hydrogens is 371 g/mol. The molecule has 2 heterocycles. The maximum atomic E-state index is 13.1. The van der Waals surface area contributed by atoms with Crippen molar-refractivity contribution in [1.82, 2.24) is 9.88 Å². The number of likely N-dealkylation sites (tertiary alicyclic amines) is 1. The van der Waals surface area contributed by atoms with Crippen LogP contribution in [0.2, 0.25) is 0 Å². The van der Waals surface area contributed by atoms with Gasteiger partial charge in [-0.15, -0.1) is 0 Å². The average molecular weight is 391 g/mol. The summed E-state index contributed by atoms with van der Waals surface area (Å²) in [5.41, 5.74) is -0.824. The Bertz CT molecular complexity index is 807. The molecule has 1 aliphatic heterocycles. The van der Waals surface area contributed by atoms with Gasteiger partial charge in [-0.3, -0.25) is 4.79 Å². The molecule has 3 rings (SSSR count). The van der Waals surface area contributed by atoms with Crippen LogP contribution in [0.5, 0.6) is 0 Å². The number of hydrogen-bond acceptors (Lipinski definition) is 4. The minimum absolute atomic E-state index is 0.0275. The molecule has 2 aliphatic rings. The Labute approximate surface area is 149 Å². The second-order valence-corrected chi connectivity index (χ2v) is 8.69. The van der Waals surface area contributed by atoms with Crippen LogP contribution in [0.3, 0.4) is 0 Å². The molecule has 1 unspecified atom stereocenters. The third-order valence-corrected chi connectivity index (χ3v) is 5.59. The lowest BCUT2D eigenvalue weighted by Crippen LogP contribution is -2.42. The molecule has 1 saturated heterocycles. The van der Waals surface area contributed by atoms with Crippen molar-refractivity contribution < 1.29 is 26.4 Å². The number of primary sulfonamides is 1. The number of rotatable bonds is 4. The molecule has 6 nitrogen and oxygen atoms in total. The first-order valence-electron chi connectivity index (χ1n) is 8.42. The predicted molar refractivity (Wildman–Crippen MR) is 87.8 cm³/mol. The summed E-state index contributed by atoms with van der Waals surface area (Å²) in [6.45, 7) is 0.542. The number of nitrogens with zero attached hydrogens (tertiary/aromatic N) is 2. The molecule has 144 valence electrons. The maximum absolute atomic E-state index is 13.1. The molecule has 1 saturated carbocycles. The van der Waals surface area contributed by atoms with Crippen molar-refractivity contribution >= 4 is 15.9 Å². The Morgan fingerprint density at radius 1 is 1.27 bits per heavy atom. The van der Waals surface area contributed by atoms with Crippen LogP contribution in [0.25, 0.3) is 0 Å². The van der Waals surface area contributed by atoms with E-state index in [1.807, 2.05) is 0 Å². The quantitative estimate of drug-likeness (QED) is 0.851. The number of alkyl halides is 3. The Balaban J connectivity index is 1.83. The minimum atomic E-state index is -4.63. The molecule has 0 radical (unpaired) electrons. The van der Waals surface area contributed by atoms with E-state index < -0.39 is 27.8 Å². The molecule has 1 atom stereocenters. The number of pyridine rings is 1. The zero-order valence-corrected chi connectivity index (χ0v) is 14.8. The highest BCUT2D eigenvalue weighted by Crippen LogP contribution is 2.41. The number of hydrogen-bond donors (Lipinski definition) is 1. The molecule has 1 aliphatic carbocycles. The molecule has 1 aromatic heterocycles. The number of halogens is 3. The average Bonchev–Trinajstić information content (AvgIpc) is 3.36. The standard InChI is InChI=1S/C16H20F3N3O3S/c17-16(18,19)14-7-12(6-13(21-14)11-3-4-11)15(23)22-5-1-2-10(8-22)9-26(20,24)25/h6-7,10-11H,1-5,8-9H2,(H2,20,24,25). The van der Waals surface area contributed by atoms with E-state index in [0.29, 0.717) is 25.1 Å². The number of piperidine rings is 1. The van der Waals surface area contributed by atoms with Gasteiger partial charge in [0.25, 0.3) is 5.91 Å². The van der Waals surface area contributed by atoms with E-state index in [4.69, 9.17) is 5.14 Å². The van der Waals surface area contributed by atoms with E-state index in [1.54, 1.807) is 0 Å². The number of nitrogens with two attached hydrogens (primary N) is 1. The summed E-state index contributed by atoms with van der Waals surface area (Å²) in [7, 11) is -3.67. The van der Waals surface area contributed by atoms with E-state index in [9.17, 15) is 26.4 Å². The fraction of sp³-hybridized carbons (Fsp3) is 0.625. The van der Waals surface area contributed by atoms with Crippen LogP contribution in [-0.2, 0) is 16.2 Å². The van der Waals surface area contributed by atoms with Gasteiger partial charge in [-0.25, -0.2) is 18.5 Å². The monoisotopic (exact) mass is 391 g/mol. The number of carbonyl (C=O) groups is 1. The van der Waals surface area contributed by atoms with Crippen LogP contribution >= 0.6 is 0 Å². The topological polar surface area (TPSA) is 93.4 Å². The van der Waals surface area contributed by atoms with Crippen LogP contribution in [-0.4, -0.2) is 43.1 Å². The first kappa shape index (κ1) is 19.1. The minimum Gasteiger partial charge on any atom is -0.338 e. The third kappa shape index (κ3) is 4.73. The molecule has 1 amide bonds. The lowest BCUT2D eigenvalue weighted by molar-refractivity contribution is -0.141. The van der Waals surface area contributed by atoms with E-state index in [2.05, 4.69) is 4.98 Å². The van der Waals surface area contributed by atoms with E-state index in [-0.39, 0.29) is 29.7 Å². The van der Waals surface area contributed by atoms with E-state index in [0.717, 1.165) is 18.9 Å². The first-order valence-corrected chi connectivity index (χ1v) is 10.1. The smallest absolute Gasteiger partial charge is 0.338 e. The fourth-order valence-corrected chi connectivity index (χ4v) is 4.23. The second kappa shape index (κ2) is 6.80. The lowest BCUT2D eigenvalue weighted by atomic mass is 9.99. The van der Waals surface area contributed by atoms with Gasteiger partial charge in [-0.05, 0) is 43.7 Å². The Kier molecular flexibility index (Phi) is 5.00. The molecule has 0 aromatic carbocycles. The van der Waals surface area contributed by atoms with E-state index in [1.165, 1.54) is 11.0 Å². The summed E-state index contributed by atoms with van der Waals surface area (Å²) in [6, 6.07) is 2.20. The van der Waals surface area contributed by atoms with Crippen molar-refractivity contribution in [3.63, 3.8) is 0 Å². The highest BCUT2D eigenvalue weighted by atomic mass is 32.2. The normalized spacial score (nSPS) is 21.7. The first-order chi connectivity index (χ1) is 12.0. The van der Waals surface area contributed by atoms with Crippen molar-refractivity contribution in [3.8, 4) is 0 Å². The molecular formula is C16H20F3N3O3S. The predicted octanol–water partition coefficient (Wildman–Crippen LogP) is 2.12. The highest BCUT2D eigenvalue weighted by molar-refractivity contribution is 7.89. The molecule has 10 heteroatoms. The van der Waals surface area contributed by atoms with Gasteiger partial charge in [0.15, 0.2) is 0 Å². The summed E-state index contributed by atoms with van der Waals surface area (Å²) in [5, 5.41) is 5.06. The number of aromatic nitrogens is 1. The zero-order valence-electron chi connectivity index (χ0n) is 14.0. The Morgan fingerprint density at radius 2 is 1.96 bits per heavy atom. The van der Waals surface area contributed by atoms with Gasteiger partial charge >= 0.3 is 6.18 Å². The molecule has 1 aromatic rings. The van der Waals surface area contributed by atoms with Crippen molar-refractivity contribution in [2.45, 2.75) is 37.8 Å². The van der Waals surface area contributed by atoms with E-state index >= 15 is 0 Å². The summed E-state index contributed by atoms with van der Waals surface area (Å²) in [6.07, 6.45) is -1.90.